The Labute approximate surface area is 554 Å². The Balaban J connectivity index is 1.17. The molecule has 0 amide bonds. The van der Waals surface area contributed by atoms with Gasteiger partial charge < -0.3 is 29.9 Å². The number of hydrogen-bond donors (Lipinski definition) is 6. The SMILES string of the molecule is CCC1=C(CC)c2nc1cc1[nH]c(c(CC)c1CC)c1[nH]c(cnc3cc(-c4ccc5ncc6[nH]c(c7nc(cc8[nH]c(c(CC)c8CC)c8[nH]c(cnc5c4)c(CC)c8CC)C(CC)=C7CC)c(CC)c6CC)ccc3ncc3[nH]c2c(CC)c3CC)c(CC)c1CC. The summed E-state index contributed by atoms with van der Waals surface area (Å²) >= 11 is 0. The van der Waals surface area contributed by atoms with Crippen molar-refractivity contribution in [3.8, 4) is 11.1 Å². The lowest BCUT2D eigenvalue weighted by Gasteiger charge is -2.05. The van der Waals surface area contributed by atoms with Crippen molar-refractivity contribution in [3.05, 3.63) is 163 Å². The summed E-state index contributed by atoms with van der Waals surface area (Å²) < 4.78 is 0. The summed E-state index contributed by atoms with van der Waals surface area (Å²) in [5.74, 6) is 0. The minimum Gasteiger partial charge on any atom is -0.353 e. The fraction of sp³-hybridized carbons (Fsp3) is 0.390. The number of hydrogen-bond acceptors (Lipinski definition) is 6. The van der Waals surface area contributed by atoms with Gasteiger partial charge in [0.1, 0.15) is 0 Å². The van der Waals surface area contributed by atoms with Crippen LogP contribution in [0.2, 0.25) is 0 Å². The van der Waals surface area contributed by atoms with E-state index in [0.717, 1.165) is 225 Å². The van der Waals surface area contributed by atoms with E-state index in [2.05, 4.69) is 189 Å². The number of benzene rings is 2. The molecule has 0 unspecified atom stereocenters. The number of nitrogens with zero attached hydrogens (tertiary/aromatic N) is 6. The molecule has 10 aromatic rings. The molecule has 486 valence electrons. The molecule has 16 bridgehead atoms. The summed E-state index contributed by atoms with van der Waals surface area (Å²) in [7, 11) is 0. The second-order valence-electron chi connectivity index (χ2n) is 25.2. The highest BCUT2D eigenvalue weighted by Crippen LogP contribution is 2.42. The van der Waals surface area contributed by atoms with Crippen molar-refractivity contribution < 1.29 is 0 Å². The van der Waals surface area contributed by atoms with Crippen LogP contribution in [0.5, 0.6) is 0 Å². The highest BCUT2D eigenvalue weighted by Gasteiger charge is 2.26. The zero-order valence-corrected chi connectivity index (χ0v) is 58.9. The van der Waals surface area contributed by atoms with Crippen molar-refractivity contribution in [1.29, 1.82) is 0 Å². The Bertz CT molecular complexity index is 4790. The van der Waals surface area contributed by atoms with Crippen molar-refractivity contribution in [2.75, 3.05) is 0 Å². The van der Waals surface area contributed by atoms with E-state index in [4.69, 9.17) is 29.9 Å². The van der Waals surface area contributed by atoms with Crippen LogP contribution in [0.15, 0.2) is 73.3 Å². The van der Waals surface area contributed by atoms with Crippen LogP contribution in [0.1, 0.15) is 226 Å². The van der Waals surface area contributed by atoms with E-state index in [1.54, 1.807) is 0 Å². The summed E-state index contributed by atoms with van der Waals surface area (Å²) in [4.78, 5) is 56.8. The lowest BCUT2D eigenvalue weighted by molar-refractivity contribution is 1.07. The van der Waals surface area contributed by atoms with Crippen LogP contribution in [0, 0.1) is 0 Å². The molecule has 94 heavy (non-hydrogen) atoms. The van der Waals surface area contributed by atoms with Crippen molar-refractivity contribution in [2.24, 2.45) is 0 Å². The zero-order valence-electron chi connectivity index (χ0n) is 58.9. The molecule has 0 radical (unpaired) electrons. The fourth-order valence-electron chi connectivity index (χ4n) is 16.3. The van der Waals surface area contributed by atoms with Crippen LogP contribution >= 0.6 is 0 Å². The van der Waals surface area contributed by atoms with Gasteiger partial charge in [-0.2, -0.15) is 0 Å². The van der Waals surface area contributed by atoms with Crippen molar-refractivity contribution >= 4 is 111 Å². The molecule has 12 nitrogen and oxygen atoms in total. The lowest BCUT2D eigenvalue weighted by atomic mass is 9.98. The first-order valence-electron chi connectivity index (χ1n) is 35.8. The smallest absolute Gasteiger partial charge is 0.0910 e. The second kappa shape index (κ2) is 27.6. The normalized spacial score (nSPS) is 12.6. The average molecular weight is 1250 g/mol. The monoisotopic (exact) mass is 1250 g/mol. The second-order valence-corrected chi connectivity index (χ2v) is 25.2. The number of nitrogens with one attached hydrogen (secondary N) is 6. The Hall–Kier alpha value is -8.90. The molecule has 2 aromatic carbocycles. The first-order valence-corrected chi connectivity index (χ1v) is 35.8. The zero-order chi connectivity index (χ0) is 66.2. The number of H-pyrrole nitrogens is 6. The van der Waals surface area contributed by atoms with Crippen LogP contribution in [0.3, 0.4) is 0 Å². The predicted octanol–water partition coefficient (Wildman–Crippen LogP) is 21.4. The molecule has 10 heterocycles. The summed E-state index contributed by atoms with van der Waals surface area (Å²) in [5, 5.41) is 0. The molecule has 0 spiro atoms. The molecule has 0 aliphatic carbocycles. The molecule has 12 rings (SSSR count). The maximum atomic E-state index is 5.61. The maximum absolute atomic E-state index is 5.61. The summed E-state index contributed by atoms with van der Waals surface area (Å²) in [5.41, 5.74) is 43.3. The number of aryl methyl sites for hydroxylation is 12. The summed E-state index contributed by atoms with van der Waals surface area (Å²) in [6.45, 7) is 36.3. The van der Waals surface area contributed by atoms with Crippen LogP contribution in [-0.4, -0.2) is 59.8 Å². The van der Waals surface area contributed by atoms with Crippen molar-refractivity contribution in [2.45, 2.75) is 214 Å². The molecule has 12 heteroatoms. The Morgan fingerprint density at radius 1 is 0.234 bits per heavy atom. The third-order valence-corrected chi connectivity index (χ3v) is 20.7. The van der Waals surface area contributed by atoms with Gasteiger partial charge in [-0.25, -0.2) is 9.97 Å². The van der Waals surface area contributed by atoms with Gasteiger partial charge in [0.25, 0.3) is 0 Å². The van der Waals surface area contributed by atoms with Gasteiger partial charge in [-0.3, -0.25) is 19.9 Å². The standard InChI is InChI=1S/C82H98N12/c1-17-47-55(25-9)75-79-59(29-13)51(21-5)71(91-79)41-83-63-35-33-45(37-69(63)85-43-73-53(23-7)61(31-15)81(93-73)77-57(27-11)49(19-3)67(89-77)39-65(47)87-75)46-34-36-64-70(38-46)86-44-74-54(24-8)62(32-16)82(94-74)78-58(28-12)50(20-4)68(90-78)40-66-48(18-2)56(26-10)76(88-66)80-60(30-14)52(22-6)72(92-80)42-84-64/h33-44,89-94H,17-32H2,1-16H3. The molecular weight excluding hydrogens is 1150 g/mol. The fourth-order valence-corrected chi connectivity index (χ4v) is 16.3. The minimum atomic E-state index is 0.758. The Kier molecular flexibility index (Phi) is 19.1. The van der Waals surface area contributed by atoms with Gasteiger partial charge in [0.05, 0.1) is 125 Å². The summed E-state index contributed by atoms with van der Waals surface area (Å²) in [6.07, 6.45) is 22.2. The largest absolute Gasteiger partial charge is 0.353 e. The molecule has 2 aliphatic heterocycles. The third-order valence-electron chi connectivity index (χ3n) is 20.7. The van der Waals surface area contributed by atoms with E-state index >= 15 is 0 Å². The van der Waals surface area contributed by atoms with E-state index in [0.29, 0.717) is 0 Å². The molecule has 6 N–H and O–H groups in total. The first kappa shape index (κ1) is 65.2. The van der Waals surface area contributed by atoms with E-state index < -0.39 is 0 Å². The first-order chi connectivity index (χ1) is 45.9. The summed E-state index contributed by atoms with van der Waals surface area (Å²) in [6, 6.07) is 17.7. The molecule has 8 aromatic heterocycles. The number of rotatable bonds is 17. The predicted molar refractivity (Wildman–Crippen MR) is 400 cm³/mol. The van der Waals surface area contributed by atoms with Crippen LogP contribution in [0.4, 0.5) is 0 Å². The van der Waals surface area contributed by atoms with Crippen LogP contribution in [-0.2, 0) is 77.0 Å². The molecular formula is C82H98N12. The number of fused-ring (bicyclic) bond motifs is 22. The molecule has 0 saturated carbocycles. The highest BCUT2D eigenvalue weighted by atomic mass is 14.9. The van der Waals surface area contributed by atoms with Gasteiger partial charge >= 0.3 is 0 Å². The number of allylic oxidation sites excluding steroid dienone is 4. The minimum absolute atomic E-state index is 0.758. The van der Waals surface area contributed by atoms with Gasteiger partial charge in [-0.05, 0) is 239 Å². The molecule has 0 fully saturated rings. The lowest BCUT2D eigenvalue weighted by Crippen LogP contribution is -1.90. The van der Waals surface area contributed by atoms with Gasteiger partial charge in [0, 0.05) is 11.0 Å². The van der Waals surface area contributed by atoms with E-state index in [9.17, 15) is 0 Å². The van der Waals surface area contributed by atoms with Gasteiger partial charge in [0.2, 0.25) is 0 Å². The topological polar surface area (TPSA) is 172 Å². The van der Waals surface area contributed by atoms with Crippen LogP contribution < -0.4 is 0 Å². The Morgan fingerprint density at radius 2 is 0.479 bits per heavy atom. The van der Waals surface area contributed by atoms with E-state index in [1.807, 2.05) is 24.8 Å². The van der Waals surface area contributed by atoms with Gasteiger partial charge in [0.15, 0.2) is 0 Å². The van der Waals surface area contributed by atoms with Crippen LogP contribution in [0.25, 0.3) is 122 Å². The van der Waals surface area contributed by atoms with Crippen molar-refractivity contribution in [3.63, 3.8) is 0 Å². The third kappa shape index (κ3) is 11.1. The average Bonchev–Trinajstić information content (AvgIpc) is 1.62. The molecule has 0 saturated heterocycles. The number of aromatic amines is 6. The van der Waals surface area contributed by atoms with E-state index in [-0.39, 0.29) is 0 Å². The molecule has 2 aliphatic rings. The van der Waals surface area contributed by atoms with Gasteiger partial charge in [-0.1, -0.05) is 123 Å². The quantitative estimate of drug-likeness (QED) is 0.0530. The highest BCUT2D eigenvalue weighted by molar-refractivity contribution is 6.01. The van der Waals surface area contributed by atoms with Gasteiger partial charge in [-0.15, -0.1) is 0 Å². The Morgan fingerprint density at radius 3 is 0.755 bits per heavy atom. The van der Waals surface area contributed by atoms with E-state index in [1.165, 1.54) is 89.1 Å². The molecule has 0 atom stereocenters. The van der Waals surface area contributed by atoms with Crippen molar-refractivity contribution in [1.82, 2.24) is 59.8 Å². The number of aromatic nitrogens is 12. The maximum Gasteiger partial charge on any atom is 0.0910 e.